The van der Waals surface area contributed by atoms with E-state index in [2.05, 4.69) is 25.9 Å². The molecular formula is C12H8BrN3O. The molecule has 0 saturated heterocycles. The van der Waals surface area contributed by atoms with Crippen LogP contribution in [0.4, 0.5) is 0 Å². The maximum absolute atomic E-state index is 8.69. The van der Waals surface area contributed by atoms with Gasteiger partial charge < -0.3 is 4.74 Å². The van der Waals surface area contributed by atoms with Crippen molar-refractivity contribution >= 4 is 15.9 Å². The van der Waals surface area contributed by atoms with E-state index in [4.69, 9.17) is 10.00 Å². The minimum atomic E-state index is 0.208. The minimum Gasteiger partial charge on any atom is -0.459 e. The highest BCUT2D eigenvalue weighted by Crippen LogP contribution is 2.17. The first-order valence-corrected chi connectivity index (χ1v) is 5.68. The monoisotopic (exact) mass is 289 g/mol. The van der Waals surface area contributed by atoms with E-state index in [0.29, 0.717) is 12.3 Å². The standard InChI is InChI=1S/C12H8BrN3O/c13-11-4-2-1-3-9(11)8-17-12-15-6-5-10(7-14)16-12/h1-6H,8H2. The Labute approximate surface area is 107 Å². The summed E-state index contributed by atoms with van der Waals surface area (Å²) in [6.07, 6.45) is 1.50. The van der Waals surface area contributed by atoms with Gasteiger partial charge in [0.15, 0.2) is 0 Å². The Kier molecular flexibility index (Phi) is 3.68. The fourth-order valence-corrected chi connectivity index (χ4v) is 1.63. The molecule has 0 N–H and O–H groups in total. The topological polar surface area (TPSA) is 58.8 Å². The SMILES string of the molecule is N#Cc1ccnc(OCc2ccccc2Br)n1. The van der Waals surface area contributed by atoms with E-state index >= 15 is 0 Å². The average molecular weight is 290 g/mol. The van der Waals surface area contributed by atoms with Crippen molar-refractivity contribution in [3.8, 4) is 12.1 Å². The van der Waals surface area contributed by atoms with Gasteiger partial charge in [-0.1, -0.05) is 34.1 Å². The molecule has 17 heavy (non-hydrogen) atoms. The lowest BCUT2D eigenvalue weighted by Crippen LogP contribution is -2.00. The summed E-state index contributed by atoms with van der Waals surface area (Å²) in [5.41, 5.74) is 1.29. The Morgan fingerprint density at radius 3 is 2.88 bits per heavy atom. The second kappa shape index (κ2) is 5.41. The predicted molar refractivity (Wildman–Crippen MR) is 65.2 cm³/mol. The third-order valence-electron chi connectivity index (χ3n) is 2.06. The molecule has 0 fully saturated rings. The van der Waals surface area contributed by atoms with Crippen LogP contribution in [0.1, 0.15) is 11.3 Å². The Balaban J connectivity index is 2.08. The van der Waals surface area contributed by atoms with Crippen LogP contribution in [0.15, 0.2) is 41.0 Å². The number of benzene rings is 1. The minimum absolute atomic E-state index is 0.208. The summed E-state index contributed by atoms with van der Waals surface area (Å²) in [7, 11) is 0. The van der Waals surface area contributed by atoms with E-state index in [0.717, 1.165) is 10.0 Å². The van der Waals surface area contributed by atoms with Crippen LogP contribution in [0.5, 0.6) is 6.01 Å². The van der Waals surface area contributed by atoms with Crippen LogP contribution >= 0.6 is 15.9 Å². The normalized spacial score (nSPS) is 9.65. The molecule has 2 aromatic rings. The van der Waals surface area contributed by atoms with Crippen LogP contribution in [0.25, 0.3) is 0 Å². The Morgan fingerprint density at radius 1 is 1.29 bits per heavy atom. The van der Waals surface area contributed by atoms with Crippen molar-refractivity contribution in [3.63, 3.8) is 0 Å². The number of aromatic nitrogens is 2. The number of rotatable bonds is 3. The van der Waals surface area contributed by atoms with E-state index in [9.17, 15) is 0 Å². The fourth-order valence-electron chi connectivity index (χ4n) is 1.23. The summed E-state index contributed by atoms with van der Waals surface area (Å²) in [6.45, 7) is 0.357. The summed E-state index contributed by atoms with van der Waals surface area (Å²) >= 11 is 3.42. The van der Waals surface area contributed by atoms with Gasteiger partial charge in [-0.05, 0) is 12.1 Å². The second-order valence-corrected chi connectivity index (χ2v) is 4.07. The van der Waals surface area contributed by atoms with Crippen molar-refractivity contribution in [2.24, 2.45) is 0 Å². The summed E-state index contributed by atoms with van der Waals surface area (Å²) in [5.74, 6) is 0. The Morgan fingerprint density at radius 2 is 2.12 bits per heavy atom. The van der Waals surface area contributed by atoms with Gasteiger partial charge in [-0.3, -0.25) is 0 Å². The highest BCUT2D eigenvalue weighted by atomic mass is 79.9. The van der Waals surface area contributed by atoms with Crippen molar-refractivity contribution in [1.82, 2.24) is 9.97 Å². The molecule has 4 nitrogen and oxygen atoms in total. The van der Waals surface area contributed by atoms with Crippen LogP contribution in [0.3, 0.4) is 0 Å². The summed E-state index contributed by atoms with van der Waals surface area (Å²) in [5, 5.41) is 8.69. The zero-order valence-electron chi connectivity index (χ0n) is 8.80. The molecule has 1 aromatic carbocycles. The lowest BCUT2D eigenvalue weighted by atomic mass is 10.2. The highest BCUT2D eigenvalue weighted by molar-refractivity contribution is 9.10. The van der Waals surface area contributed by atoms with Crippen LogP contribution in [0, 0.1) is 11.3 Å². The van der Waals surface area contributed by atoms with Gasteiger partial charge in [0.1, 0.15) is 18.4 Å². The number of ether oxygens (including phenoxy) is 1. The molecule has 0 bridgehead atoms. The maximum atomic E-state index is 8.69. The van der Waals surface area contributed by atoms with Crippen molar-refractivity contribution < 1.29 is 4.74 Å². The lowest BCUT2D eigenvalue weighted by molar-refractivity contribution is 0.279. The molecular weight excluding hydrogens is 282 g/mol. The molecule has 5 heteroatoms. The molecule has 2 rings (SSSR count). The van der Waals surface area contributed by atoms with E-state index < -0.39 is 0 Å². The van der Waals surface area contributed by atoms with E-state index in [1.807, 2.05) is 30.3 Å². The molecule has 0 unspecified atom stereocenters. The summed E-state index contributed by atoms with van der Waals surface area (Å²) < 4.78 is 6.38. The Bertz CT molecular complexity index is 566. The first kappa shape index (κ1) is 11.6. The lowest BCUT2D eigenvalue weighted by Gasteiger charge is -2.05. The molecule has 0 saturated carbocycles. The second-order valence-electron chi connectivity index (χ2n) is 3.22. The van der Waals surface area contributed by atoms with E-state index in [1.54, 1.807) is 0 Å². The zero-order valence-corrected chi connectivity index (χ0v) is 10.4. The van der Waals surface area contributed by atoms with Crippen LogP contribution in [-0.4, -0.2) is 9.97 Å². The van der Waals surface area contributed by atoms with Crippen LogP contribution in [0.2, 0.25) is 0 Å². The van der Waals surface area contributed by atoms with E-state index in [1.165, 1.54) is 12.3 Å². The number of nitrogens with zero attached hydrogens (tertiary/aromatic N) is 3. The number of nitriles is 1. The van der Waals surface area contributed by atoms with Crippen LogP contribution < -0.4 is 4.74 Å². The first-order valence-electron chi connectivity index (χ1n) is 4.89. The van der Waals surface area contributed by atoms with Gasteiger partial charge in [-0.2, -0.15) is 10.2 Å². The number of hydrogen-bond acceptors (Lipinski definition) is 4. The molecule has 0 aliphatic carbocycles. The van der Waals surface area contributed by atoms with Crippen molar-refractivity contribution in [3.05, 3.63) is 52.3 Å². The molecule has 0 amide bonds. The van der Waals surface area contributed by atoms with Gasteiger partial charge in [0.2, 0.25) is 0 Å². The average Bonchev–Trinajstić information content (AvgIpc) is 2.38. The Hall–Kier alpha value is -1.93. The van der Waals surface area contributed by atoms with Crippen molar-refractivity contribution in [2.75, 3.05) is 0 Å². The first-order chi connectivity index (χ1) is 8.29. The van der Waals surface area contributed by atoms with Crippen molar-refractivity contribution in [1.29, 1.82) is 5.26 Å². The van der Waals surface area contributed by atoms with E-state index in [-0.39, 0.29) is 6.01 Å². The summed E-state index contributed by atoms with van der Waals surface area (Å²) in [6, 6.07) is 11.4. The molecule has 0 radical (unpaired) electrons. The quantitative estimate of drug-likeness (QED) is 0.872. The highest BCUT2D eigenvalue weighted by Gasteiger charge is 2.02. The molecule has 0 spiro atoms. The smallest absolute Gasteiger partial charge is 0.317 e. The largest absolute Gasteiger partial charge is 0.459 e. The number of halogens is 1. The molecule has 0 aliphatic heterocycles. The van der Waals surface area contributed by atoms with Gasteiger partial charge in [-0.15, -0.1) is 0 Å². The molecule has 0 atom stereocenters. The zero-order chi connectivity index (χ0) is 12.1. The summed E-state index contributed by atoms with van der Waals surface area (Å²) in [4.78, 5) is 7.86. The predicted octanol–water partition coefficient (Wildman–Crippen LogP) is 2.69. The molecule has 1 heterocycles. The molecule has 1 aromatic heterocycles. The number of hydrogen-bond donors (Lipinski definition) is 0. The molecule has 0 aliphatic rings. The third-order valence-corrected chi connectivity index (χ3v) is 2.84. The van der Waals surface area contributed by atoms with Crippen molar-refractivity contribution in [2.45, 2.75) is 6.61 Å². The third kappa shape index (κ3) is 3.02. The van der Waals surface area contributed by atoms with Gasteiger partial charge >= 0.3 is 6.01 Å². The fraction of sp³-hybridized carbons (Fsp3) is 0.0833. The molecule has 84 valence electrons. The van der Waals surface area contributed by atoms with Gasteiger partial charge in [0, 0.05) is 16.2 Å². The van der Waals surface area contributed by atoms with Gasteiger partial charge in [0.25, 0.3) is 0 Å². The maximum Gasteiger partial charge on any atom is 0.317 e. The van der Waals surface area contributed by atoms with Gasteiger partial charge in [-0.25, -0.2) is 4.98 Å². The van der Waals surface area contributed by atoms with Crippen LogP contribution in [-0.2, 0) is 6.61 Å². The van der Waals surface area contributed by atoms with Gasteiger partial charge in [0.05, 0.1) is 0 Å².